The lowest BCUT2D eigenvalue weighted by atomic mass is 9.77. The minimum atomic E-state index is -1.80. The Labute approximate surface area is 630 Å². The summed E-state index contributed by atoms with van der Waals surface area (Å²) in [6.45, 7) is 28.5. The van der Waals surface area contributed by atoms with E-state index in [9.17, 15) is 65.1 Å². The zero-order valence-corrected chi connectivity index (χ0v) is 67.5. The number of hydrogen-bond donors (Lipinski definition) is 9. The highest BCUT2D eigenvalue weighted by atomic mass is 16.7. The number of esters is 3. The molecule has 0 aromatic heterocycles. The van der Waals surface area contributed by atoms with E-state index in [-0.39, 0.29) is 68.9 Å². The second-order valence-corrected chi connectivity index (χ2v) is 32.7. The second kappa shape index (κ2) is 40.9. The summed E-state index contributed by atoms with van der Waals surface area (Å²) in [5.74, 6) is -4.69. The third-order valence-electron chi connectivity index (χ3n) is 22.7. The van der Waals surface area contributed by atoms with Crippen LogP contribution in [-0.4, -0.2) is 316 Å². The van der Waals surface area contributed by atoms with Gasteiger partial charge in [0.1, 0.15) is 66.3 Å². The van der Waals surface area contributed by atoms with Gasteiger partial charge in [-0.25, -0.2) is 0 Å². The molecule has 9 N–H and O–H groups in total. The first kappa shape index (κ1) is 93.3. The number of hydrogen-bond acceptors (Lipinski definition) is 29. The standard InChI is InChI=1S/C39H65NO14.C38H72N2O12/c1-10-14-29(44)52-37-25(5)50-31(21-39(37,6)47)53-34-24(4)51-38(33(46)32(34)40(7)8)54-35-26(17-18-41)19-22(2)27(42)16-13-11-12-15-23(3)49-30(45)20-28(43)36(35)48-9;1-15-27-38(10,46)31(42)24(6)40(13)19-20(2)17-36(8,45)33(52-35-29(41)26(39(11)12)16-21(3)48-35)22(4)30(23(5)34(44)50-27)51-28-18-37(9,47-14)32(43)25(7)49-28/h11-13,16,18,22-28,31-38,42-43,46-47H,10,14-15,17,19-21H2,1-9H3;20-33,35,41-43,45-46H,15-19H2,1-14H3/b12-11+,16-13+;/t22-,23-,24-,25+,26+,27+,28-,31+,32-,33-,34-,35+,36+,37+,38+,39-;20-,21-,22+,23-,24-,25+,26+,27-,28+,29-,30+,31-,32+,33-,35+,36-,37-,38-/m11/s1. The highest BCUT2D eigenvalue weighted by Gasteiger charge is 2.56. The molecule has 5 fully saturated rings. The van der Waals surface area contributed by atoms with E-state index >= 15 is 0 Å². The molecule has 6 aliphatic rings. The van der Waals surface area contributed by atoms with Gasteiger partial charge in [-0.1, -0.05) is 58.9 Å². The Kier molecular flexibility index (Phi) is 36.0. The molecule has 6 heterocycles. The molecule has 616 valence electrons. The number of aldehydes is 1. The van der Waals surface area contributed by atoms with Crippen LogP contribution in [0.1, 0.15) is 181 Å². The van der Waals surface area contributed by atoms with Gasteiger partial charge in [-0.15, -0.1) is 0 Å². The molecule has 29 nitrogen and oxygen atoms in total. The van der Waals surface area contributed by atoms with Crippen LogP contribution < -0.4 is 0 Å². The first-order valence-electron chi connectivity index (χ1n) is 38.3. The molecule has 0 spiro atoms. The Morgan fingerprint density at radius 2 is 1.29 bits per heavy atom. The van der Waals surface area contributed by atoms with Crippen LogP contribution in [0.4, 0.5) is 0 Å². The van der Waals surface area contributed by atoms with Crippen LogP contribution in [0.3, 0.4) is 0 Å². The molecule has 0 aromatic rings. The molecule has 106 heavy (non-hydrogen) atoms. The molecule has 0 amide bonds. The van der Waals surface area contributed by atoms with E-state index in [1.807, 2.05) is 71.6 Å². The van der Waals surface area contributed by atoms with Gasteiger partial charge in [0.05, 0.1) is 84.5 Å². The maximum atomic E-state index is 14.2. The summed E-state index contributed by atoms with van der Waals surface area (Å²) in [5, 5.41) is 104. The van der Waals surface area contributed by atoms with Gasteiger partial charge >= 0.3 is 17.9 Å². The van der Waals surface area contributed by atoms with Crippen LogP contribution in [0.5, 0.6) is 0 Å². The smallest absolute Gasteiger partial charge is 0.311 e. The van der Waals surface area contributed by atoms with Crippen molar-refractivity contribution >= 4 is 24.2 Å². The number of aliphatic hydroxyl groups excluding tert-OH is 6. The van der Waals surface area contributed by atoms with Crippen molar-refractivity contribution < 1.29 is 127 Å². The van der Waals surface area contributed by atoms with E-state index in [4.69, 9.17) is 61.6 Å². The number of carbonyl (C=O) groups excluding carboxylic acids is 4. The minimum Gasteiger partial charge on any atom is -0.462 e. The maximum absolute atomic E-state index is 14.2. The van der Waals surface area contributed by atoms with Gasteiger partial charge in [-0.05, 0) is 161 Å². The fraction of sp³-hybridized carbons (Fsp3) is 0.896. The number of rotatable bonds is 18. The SMILES string of the molecule is CCCC(=O)O[C@H]1[C@H](C)O[C@@H](O[C@H]2[C@H](N(C)C)[C@@H](O)[C@H](O[C@H]3[C@@H](CC=O)C[C@@H](C)[C@@H](O)/C=C/C=C/C[C@@H](C)OC(=O)C[C@@H](O)[C@@H]3OC)O[C@@H]2C)C[C@@]1(C)O.CC[C@H]1OC(=O)[C@H](C)[C@@H](O[C@H]2C[C@@](C)(OC)[C@@H](O)[C@H](C)O2)[C@H](C)[C@@H](O[C@@H]2O[C@H](C)C[C@H](N(C)C)[C@H]2O)[C@](C)(O)C[C@@H](C)CN(C)[C@H](C)[C@@H](O)[C@]1(C)O. The molecule has 6 aliphatic heterocycles. The van der Waals surface area contributed by atoms with Gasteiger partial charge in [0.25, 0.3) is 0 Å². The van der Waals surface area contributed by atoms with Crippen LogP contribution in [0.15, 0.2) is 24.3 Å². The minimum absolute atomic E-state index is 0.0274. The summed E-state index contributed by atoms with van der Waals surface area (Å²) in [6, 6.07) is -1.56. The van der Waals surface area contributed by atoms with Crippen molar-refractivity contribution in [3.63, 3.8) is 0 Å². The van der Waals surface area contributed by atoms with Crippen molar-refractivity contribution in [2.24, 2.45) is 29.6 Å². The zero-order valence-electron chi connectivity index (χ0n) is 67.5. The van der Waals surface area contributed by atoms with Crippen LogP contribution >= 0.6 is 0 Å². The first-order chi connectivity index (χ1) is 49.3. The number of methoxy groups -OCH3 is 2. The lowest BCUT2D eigenvalue weighted by Crippen LogP contribution is -2.66. The number of aliphatic hydroxyl groups is 9. The molecule has 0 radical (unpaired) electrons. The van der Waals surface area contributed by atoms with Gasteiger partial charge in [0.15, 0.2) is 31.3 Å². The summed E-state index contributed by atoms with van der Waals surface area (Å²) in [6.07, 6.45) is -11.4. The second-order valence-electron chi connectivity index (χ2n) is 32.7. The van der Waals surface area contributed by atoms with Crippen LogP contribution in [-0.2, 0) is 80.8 Å². The van der Waals surface area contributed by atoms with Crippen LogP contribution in [0.2, 0.25) is 0 Å². The maximum Gasteiger partial charge on any atom is 0.311 e. The van der Waals surface area contributed by atoms with Gasteiger partial charge in [-0.2, -0.15) is 0 Å². The molecule has 0 bridgehead atoms. The summed E-state index contributed by atoms with van der Waals surface area (Å²) in [4.78, 5) is 57.1. The van der Waals surface area contributed by atoms with Crippen LogP contribution in [0.25, 0.3) is 0 Å². The predicted octanol–water partition coefficient (Wildman–Crippen LogP) is 4.10. The van der Waals surface area contributed by atoms with E-state index in [2.05, 4.69) is 0 Å². The summed E-state index contributed by atoms with van der Waals surface area (Å²) >= 11 is 0. The molecule has 0 saturated carbocycles. The molecule has 29 heteroatoms. The van der Waals surface area contributed by atoms with Gasteiger partial charge in [0, 0.05) is 70.9 Å². The zero-order chi connectivity index (χ0) is 80.0. The highest BCUT2D eigenvalue weighted by Crippen LogP contribution is 2.43. The topological polar surface area (TPSA) is 380 Å². The van der Waals surface area contributed by atoms with Crippen molar-refractivity contribution in [3.05, 3.63) is 24.3 Å². The molecular formula is C77H137N3O26. The van der Waals surface area contributed by atoms with E-state index in [1.165, 1.54) is 21.1 Å². The fourth-order valence-electron chi connectivity index (χ4n) is 16.4. The molecule has 0 aliphatic carbocycles. The lowest BCUT2D eigenvalue weighted by molar-refractivity contribution is -0.344. The van der Waals surface area contributed by atoms with E-state index in [1.54, 1.807) is 106 Å². The third-order valence-corrected chi connectivity index (χ3v) is 22.7. The van der Waals surface area contributed by atoms with Crippen molar-refractivity contribution in [1.82, 2.24) is 14.7 Å². The summed E-state index contributed by atoms with van der Waals surface area (Å²) in [7, 11) is 12.0. The Hall–Kier alpha value is -3.32. The number of ether oxygens (including phenoxy) is 13. The number of allylic oxidation sites excluding steroid dienone is 2. The third kappa shape index (κ3) is 24.4. The molecule has 0 aromatic carbocycles. The van der Waals surface area contributed by atoms with Crippen molar-refractivity contribution in [2.45, 2.75) is 357 Å². The molecule has 6 rings (SSSR count). The summed E-state index contributed by atoms with van der Waals surface area (Å²) < 4.78 is 79.8. The van der Waals surface area contributed by atoms with E-state index in [0.29, 0.717) is 25.8 Å². The van der Waals surface area contributed by atoms with E-state index < -0.39 is 205 Å². The number of nitrogens with zero attached hydrogens (tertiary/aromatic N) is 3. The van der Waals surface area contributed by atoms with E-state index in [0.717, 1.165) is 6.29 Å². The van der Waals surface area contributed by atoms with Gasteiger partial charge < -0.3 is 127 Å². The van der Waals surface area contributed by atoms with Gasteiger partial charge in [-0.3, -0.25) is 14.4 Å². The van der Waals surface area contributed by atoms with Crippen molar-refractivity contribution in [3.8, 4) is 0 Å². The predicted molar refractivity (Wildman–Crippen MR) is 390 cm³/mol. The fourth-order valence-corrected chi connectivity index (χ4v) is 16.4. The Bertz CT molecular complexity index is 2740. The Morgan fingerprint density at radius 3 is 1.88 bits per heavy atom. The van der Waals surface area contributed by atoms with Crippen molar-refractivity contribution in [1.29, 1.82) is 0 Å². The molecule has 5 saturated heterocycles. The average molecular weight is 1520 g/mol. The molecular weight excluding hydrogens is 1380 g/mol. The number of likely N-dealkylation sites (N-methyl/N-ethyl adjacent to an activating group) is 3. The largest absolute Gasteiger partial charge is 0.462 e. The van der Waals surface area contributed by atoms with Crippen molar-refractivity contribution in [2.75, 3.05) is 56.0 Å². The lowest BCUT2D eigenvalue weighted by Gasteiger charge is -2.50. The van der Waals surface area contributed by atoms with Crippen LogP contribution in [0, 0.1) is 29.6 Å². The molecule has 0 unspecified atom stereocenters. The number of carbonyl (C=O) groups is 4. The quantitative estimate of drug-likeness (QED) is 0.0530. The Balaban J connectivity index is 0.000000381. The molecule has 34 atom stereocenters. The Morgan fingerprint density at radius 1 is 0.679 bits per heavy atom. The monoisotopic (exact) mass is 1520 g/mol. The number of cyclic esters (lactones) is 2. The normalized spacial score (nSPS) is 46.2. The highest BCUT2D eigenvalue weighted by molar-refractivity contribution is 5.73. The first-order valence-corrected chi connectivity index (χ1v) is 38.3. The summed E-state index contributed by atoms with van der Waals surface area (Å²) in [5.41, 5.74) is -5.85. The van der Waals surface area contributed by atoms with Gasteiger partial charge in [0.2, 0.25) is 0 Å². The average Bonchev–Trinajstić information content (AvgIpc) is 0.989.